The number of carboxylic acids is 3. The maximum Gasteiger partial charge on any atom is 0.337 e. The van der Waals surface area contributed by atoms with Crippen molar-refractivity contribution < 1.29 is 53.2 Å². The van der Waals surface area contributed by atoms with Crippen LogP contribution in [0, 0.1) is 0 Å². The van der Waals surface area contributed by atoms with E-state index in [1.807, 2.05) is 19.9 Å². The molecule has 0 fully saturated rings. The number of phenols is 1. The minimum absolute atomic E-state index is 0.0161. The van der Waals surface area contributed by atoms with E-state index in [4.69, 9.17) is 32.0 Å². The van der Waals surface area contributed by atoms with Gasteiger partial charge in [-0.2, -0.15) is 0 Å². The van der Waals surface area contributed by atoms with Crippen LogP contribution in [0.1, 0.15) is 76.8 Å². The number of anilines is 1. The molecule has 73 heavy (non-hydrogen) atoms. The summed E-state index contributed by atoms with van der Waals surface area (Å²) in [5.41, 5.74) is 1.96. The summed E-state index contributed by atoms with van der Waals surface area (Å²) in [5.74, 6) is -5.21. The fourth-order valence-corrected chi connectivity index (χ4v) is 9.42. The number of benzene rings is 7. The molecule has 2 aliphatic heterocycles. The van der Waals surface area contributed by atoms with Crippen molar-refractivity contribution in [1.82, 2.24) is 10.6 Å². The Morgan fingerprint density at radius 2 is 1.32 bits per heavy atom. The van der Waals surface area contributed by atoms with Gasteiger partial charge in [0.15, 0.2) is 5.43 Å². The summed E-state index contributed by atoms with van der Waals surface area (Å²) >= 11 is 13.8. The van der Waals surface area contributed by atoms with Crippen molar-refractivity contribution in [2.24, 2.45) is 4.99 Å². The van der Waals surface area contributed by atoms with Crippen LogP contribution in [0.25, 0.3) is 66.8 Å². The monoisotopic (exact) mass is 1020 g/mol. The lowest BCUT2D eigenvalue weighted by atomic mass is 9.88. The van der Waals surface area contributed by atoms with Crippen LogP contribution >= 0.6 is 23.2 Å². The van der Waals surface area contributed by atoms with Gasteiger partial charge in [-0.25, -0.2) is 14.4 Å². The van der Waals surface area contributed by atoms with E-state index in [2.05, 4.69) is 20.9 Å². The van der Waals surface area contributed by atoms with E-state index in [1.165, 1.54) is 60.7 Å². The maximum absolute atomic E-state index is 13.8. The first-order valence-corrected chi connectivity index (χ1v) is 23.3. The van der Waals surface area contributed by atoms with Crippen molar-refractivity contribution in [3.63, 3.8) is 0 Å². The Morgan fingerprint density at radius 3 is 2.03 bits per heavy atom. The third-order valence-corrected chi connectivity index (χ3v) is 12.8. The highest BCUT2D eigenvalue weighted by molar-refractivity contribution is 6.41. The third-order valence-electron chi connectivity index (χ3n) is 12.1. The fraction of sp³-hybridized carbons (Fsp3) is 0.109. The number of nitrogens with zero attached hydrogens (tertiary/aromatic N) is 1. The summed E-state index contributed by atoms with van der Waals surface area (Å²) in [4.78, 5) is 82.8. The van der Waals surface area contributed by atoms with Crippen LogP contribution in [-0.4, -0.2) is 63.2 Å². The number of hydrogen-bond acceptors (Lipinski definition) is 11. The predicted octanol–water partition coefficient (Wildman–Crippen LogP) is 10.4. The zero-order valence-corrected chi connectivity index (χ0v) is 40.1. The Kier molecular flexibility index (Phi) is 13.4. The molecule has 2 amide bonds. The van der Waals surface area contributed by atoms with E-state index in [9.17, 15) is 49.2 Å². The average molecular weight is 1020 g/mol. The SMILES string of the molecule is CCN=c1ccc2c(-c3c(Cl)cc(C(=O)NCc4ccc(C(=O)NCc5c6oc7cc(O)ccc7c(-c7cc(C(=O)O)ccc7C(=O)O)c-6ccc5=O)cc4)c(Cl)c3C(=O)O)c3ccc(NCC)cc3oc-2c1. The van der Waals surface area contributed by atoms with Gasteiger partial charge in [0.2, 0.25) is 0 Å². The molecule has 2 heterocycles. The topological polar surface area (TPSA) is 258 Å². The number of halogens is 2. The van der Waals surface area contributed by atoms with Gasteiger partial charge >= 0.3 is 17.9 Å². The highest BCUT2D eigenvalue weighted by atomic mass is 35.5. The van der Waals surface area contributed by atoms with E-state index >= 15 is 0 Å². The van der Waals surface area contributed by atoms with Crippen molar-refractivity contribution in [1.29, 1.82) is 0 Å². The molecular formula is C55H40Cl2N4O12. The summed E-state index contributed by atoms with van der Waals surface area (Å²) in [5, 5.41) is 50.8. The van der Waals surface area contributed by atoms with Gasteiger partial charge in [0.25, 0.3) is 11.8 Å². The summed E-state index contributed by atoms with van der Waals surface area (Å²) < 4.78 is 12.5. The number of aromatic carboxylic acids is 3. The Hall–Kier alpha value is -8.99. The lowest BCUT2D eigenvalue weighted by molar-refractivity contribution is 0.0682. The van der Waals surface area contributed by atoms with Gasteiger partial charge in [0.05, 0.1) is 49.8 Å². The van der Waals surface area contributed by atoms with Crippen LogP contribution in [0.2, 0.25) is 10.0 Å². The van der Waals surface area contributed by atoms with Gasteiger partial charge in [-0.1, -0.05) is 35.3 Å². The lowest BCUT2D eigenvalue weighted by Gasteiger charge is -2.20. The second-order valence-corrected chi connectivity index (χ2v) is 17.4. The number of carbonyl (C=O) groups excluding carboxylic acids is 2. The number of carboxylic acid groups (broad SMARTS) is 3. The molecule has 0 atom stereocenters. The molecule has 5 aromatic rings. The fourth-order valence-electron chi connectivity index (χ4n) is 8.81. The Bertz CT molecular complexity index is 3850. The van der Waals surface area contributed by atoms with Gasteiger partial charge < -0.3 is 45.2 Å². The van der Waals surface area contributed by atoms with Gasteiger partial charge in [-0.3, -0.25) is 19.4 Å². The molecule has 4 aliphatic rings. The molecule has 0 saturated heterocycles. The Balaban J connectivity index is 0.965. The molecule has 0 unspecified atom stereocenters. The van der Waals surface area contributed by atoms with Crippen molar-refractivity contribution in [2.75, 3.05) is 18.4 Å². The minimum Gasteiger partial charge on any atom is -0.508 e. The third kappa shape index (κ3) is 9.39. The van der Waals surface area contributed by atoms with Gasteiger partial charge in [-0.05, 0) is 110 Å². The zero-order chi connectivity index (χ0) is 51.8. The van der Waals surface area contributed by atoms with Crippen LogP contribution in [0.5, 0.6) is 5.75 Å². The van der Waals surface area contributed by atoms with Gasteiger partial charge in [0, 0.05) is 87.7 Å². The molecule has 9 rings (SSSR count). The lowest BCUT2D eigenvalue weighted by Crippen LogP contribution is -2.27. The van der Waals surface area contributed by atoms with E-state index in [1.54, 1.807) is 42.5 Å². The van der Waals surface area contributed by atoms with Crippen molar-refractivity contribution in [3.8, 4) is 50.7 Å². The number of amides is 2. The number of hydrogen-bond donors (Lipinski definition) is 7. The van der Waals surface area contributed by atoms with Crippen LogP contribution in [-0.2, 0) is 13.1 Å². The zero-order valence-electron chi connectivity index (χ0n) is 38.6. The molecule has 0 bridgehead atoms. The van der Waals surface area contributed by atoms with E-state index in [0.717, 1.165) is 11.8 Å². The first-order chi connectivity index (χ1) is 35.1. The van der Waals surface area contributed by atoms with Crippen LogP contribution < -0.4 is 26.7 Å². The Labute approximate surface area is 423 Å². The van der Waals surface area contributed by atoms with Crippen molar-refractivity contribution >= 4 is 80.6 Å². The molecule has 0 radical (unpaired) electrons. The first kappa shape index (κ1) is 49.0. The van der Waals surface area contributed by atoms with Gasteiger partial charge in [-0.15, -0.1) is 0 Å². The predicted molar refractivity (Wildman–Crippen MR) is 274 cm³/mol. The number of fused-ring (bicyclic) bond motifs is 4. The normalized spacial score (nSPS) is 11.6. The summed E-state index contributed by atoms with van der Waals surface area (Å²) in [7, 11) is 0. The second-order valence-electron chi connectivity index (χ2n) is 16.7. The van der Waals surface area contributed by atoms with Gasteiger partial charge in [0.1, 0.15) is 28.4 Å². The molecule has 0 spiro atoms. The second kappa shape index (κ2) is 20.0. The summed E-state index contributed by atoms with van der Waals surface area (Å²) in [6, 6.07) is 28.5. The quantitative estimate of drug-likeness (QED) is 0.0501. The number of rotatable bonds is 14. The average Bonchev–Trinajstić information content (AvgIpc) is 3.36. The largest absolute Gasteiger partial charge is 0.508 e. The number of aromatic hydroxyl groups is 1. The highest BCUT2D eigenvalue weighted by Crippen LogP contribution is 2.47. The molecule has 5 aromatic carbocycles. The van der Waals surface area contributed by atoms with Crippen LogP contribution in [0.15, 0.2) is 134 Å². The number of phenolic OH excluding ortho intramolecular Hbond substituents is 1. The first-order valence-electron chi connectivity index (χ1n) is 22.5. The van der Waals surface area contributed by atoms with Crippen molar-refractivity contribution in [2.45, 2.75) is 26.9 Å². The molecule has 0 saturated carbocycles. The molecular weight excluding hydrogens is 980 g/mol. The summed E-state index contributed by atoms with van der Waals surface area (Å²) in [6.45, 7) is 4.59. The smallest absolute Gasteiger partial charge is 0.337 e. The molecule has 16 nitrogen and oxygen atoms in total. The Morgan fingerprint density at radius 1 is 0.616 bits per heavy atom. The van der Waals surface area contributed by atoms with Crippen LogP contribution in [0.4, 0.5) is 5.69 Å². The summed E-state index contributed by atoms with van der Waals surface area (Å²) in [6.07, 6.45) is 0. The van der Waals surface area contributed by atoms with Crippen LogP contribution in [0.3, 0.4) is 0 Å². The standard InChI is InChI=1S/C55H40Cl2N4O12/c1-3-58-29-10-14-34-42(20-29)72-43-21-30(59-4-2)11-15-35(43)46(34)47-40(56)23-38(49(57)48(47)55(70)71)52(65)60-24-26-5-7-27(8-6-26)51(64)61-25-39-41(63)18-17-36-45(33-16-12-31(62)22-44(33)73-50(36)39)37-19-28(53(66)67)9-13-32(37)54(68)69/h5-23,58,62H,3-4,24-25H2,1-2H3,(H,60,65)(H,61,64)(H,66,67)(H,68,69)(H,70,71). The molecule has 0 aromatic heterocycles. The highest BCUT2D eigenvalue weighted by Gasteiger charge is 2.30. The molecule has 7 N–H and O–H groups in total. The van der Waals surface area contributed by atoms with E-state index in [0.29, 0.717) is 57.3 Å². The van der Waals surface area contributed by atoms with E-state index in [-0.39, 0.29) is 90.3 Å². The van der Waals surface area contributed by atoms with E-state index < -0.39 is 40.7 Å². The molecule has 366 valence electrons. The minimum atomic E-state index is -1.42. The maximum atomic E-state index is 13.8. The number of carbonyl (C=O) groups is 5. The van der Waals surface area contributed by atoms with Crippen molar-refractivity contribution in [3.05, 3.63) is 180 Å². The molecule has 2 aliphatic carbocycles. The number of nitrogens with one attached hydrogen (secondary N) is 3. The molecule has 18 heteroatoms.